The molecule has 1 saturated carbocycles. The third-order valence-corrected chi connectivity index (χ3v) is 7.76. The van der Waals surface area contributed by atoms with E-state index < -0.39 is 10.0 Å². The summed E-state index contributed by atoms with van der Waals surface area (Å²) in [6.45, 7) is 3.67. The number of benzene rings is 1. The monoisotopic (exact) mass is 429 g/mol. The molecule has 1 heterocycles. The molecule has 6 nitrogen and oxygen atoms in total. The van der Waals surface area contributed by atoms with Crippen LogP contribution in [0.2, 0.25) is 0 Å². The minimum atomic E-state index is -3.40. The molecule has 0 bridgehead atoms. The fourth-order valence-corrected chi connectivity index (χ4v) is 5.28. The van der Waals surface area contributed by atoms with Gasteiger partial charge in [0.1, 0.15) is 0 Å². The largest absolute Gasteiger partial charge is 0.349 e. The molecule has 3 rings (SSSR count). The first kappa shape index (κ1) is 23.1. The lowest BCUT2D eigenvalue weighted by atomic mass is 9.95. The van der Waals surface area contributed by atoms with Gasteiger partial charge in [-0.15, -0.1) is 12.4 Å². The molecule has 1 unspecified atom stereocenters. The van der Waals surface area contributed by atoms with Crippen LogP contribution < -0.4 is 11.1 Å². The maximum Gasteiger partial charge on any atom is 0.243 e. The van der Waals surface area contributed by atoms with Gasteiger partial charge in [-0.25, -0.2) is 8.42 Å². The second kappa shape index (κ2) is 9.57. The lowest BCUT2D eigenvalue weighted by molar-refractivity contribution is -0.123. The first-order valence-electron chi connectivity index (χ1n) is 9.95. The molecule has 0 spiro atoms. The van der Waals surface area contributed by atoms with Crippen LogP contribution in [0.25, 0.3) is 0 Å². The normalized spacial score (nSPS) is 20.1. The number of nitrogens with zero attached hydrogens (tertiary/aromatic N) is 1. The van der Waals surface area contributed by atoms with Gasteiger partial charge in [0, 0.05) is 26.1 Å². The van der Waals surface area contributed by atoms with E-state index in [1.807, 2.05) is 19.1 Å². The standard InChI is InChI=1S/C20H31N3O3S.ClH/c1-20(15-21,17-8-9-17)22-19(24)12-7-16-5-10-18(11-6-16)27(25,26)23-13-3-2-4-14-23;/h5-6,10-11,17H,2-4,7-9,12-15,21H2,1H3,(H,22,24);1H. The fourth-order valence-electron chi connectivity index (χ4n) is 3.76. The molecule has 0 aromatic heterocycles. The highest BCUT2D eigenvalue weighted by atomic mass is 35.5. The number of carbonyl (C=O) groups is 1. The van der Waals surface area contributed by atoms with Gasteiger partial charge in [-0.05, 0) is 62.6 Å². The first-order valence-corrected chi connectivity index (χ1v) is 11.4. The SMILES string of the molecule is CC(CN)(NC(=O)CCc1ccc(S(=O)(=O)N2CCCCC2)cc1)C1CC1.Cl. The molecule has 2 fully saturated rings. The van der Waals surface area contributed by atoms with Crippen molar-refractivity contribution in [2.45, 2.75) is 62.3 Å². The summed E-state index contributed by atoms with van der Waals surface area (Å²) in [6, 6.07) is 6.94. The van der Waals surface area contributed by atoms with Crippen LogP contribution in [-0.2, 0) is 21.2 Å². The van der Waals surface area contributed by atoms with Gasteiger partial charge in [0.2, 0.25) is 15.9 Å². The predicted octanol–water partition coefficient (Wildman–Crippen LogP) is 2.46. The number of piperidine rings is 1. The van der Waals surface area contributed by atoms with Crippen molar-refractivity contribution in [3.63, 3.8) is 0 Å². The van der Waals surface area contributed by atoms with E-state index in [-0.39, 0.29) is 23.9 Å². The van der Waals surface area contributed by atoms with Gasteiger partial charge >= 0.3 is 0 Å². The molecule has 1 aliphatic carbocycles. The maximum absolute atomic E-state index is 12.7. The highest BCUT2D eigenvalue weighted by molar-refractivity contribution is 7.89. The van der Waals surface area contributed by atoms with Crippen molar-refractivity contribution < 1.29 is 13.2 Å². The molecule has 2 aliphatic rings. The lowest BCUT2D eigenvalue weighted by Gasteiger charge is -2.29. The van der Waals surface area contributed by atoms with E-state index in [9.17, 15) is 13.2 Å². The highest BCUT2D eigenvalue weighted by Crippen LogP contribution is 2.39. The number of hydrogen-bond donors (Lipinski definition) is 2. The van der Waals surface area contributed by atoms with Gasteiger partial charge in [0.25, 0.3) is 0 Å². The zero-order valence-electron chi connectivity index (χ0n) is 16.5. The summed E-state index contributed by atoms with van der Waals surface area (Å²) in [5.74, 6) is 0.491. The van der Waals surface area contributed by atoms with E-state index in [4.69, 9.17) is 5.73 Å². The number of rotatable bonds is 8. The number of halogens is 1. The van der Waals surface area contributed by atoms with E-state index in [0.29, 0.717) is 43.3 Å². The van der Waals surface area contributed by atoms with Crippen LogP contribution in [0.3, 0.4) is 0 Å². The second-order valence-corrected chi connectivity index (χ2v) is 9.99. The van der Waals surface area contributed by atoms with E-state index in [0.717, 1.165) is 37.7 Å². The van der Waals surface area contributed by atoms with Crippen LogP contribution >= 0.6 is 12.4 Å². The van der Waals surface area contributed by atoms with Gasteiger partial charge in [-0.1, -0.05) is 18.6 Å². The van der Waals surface area contributed by atoms with Crippen LogP contribution in [0.1, 0.15) is 51.0 Å². The minimum Gasteiger partial charge on any atom is -0.349 e. The van der Waals surface area contributed by atoms with Crippen molar-refractivity contribution in [3.05, 3.63) is 29.8 Å². The molecule has 1 amide bonds. The number of carbonyl (C=O) groups excluding carboxylic acids is 1. The Morgan fingerprint density at radius 1 is 1.18 bits per heavy atom. The molecule has 1 aliphatic heterocycles. The Morgan fingerprint density at radius 3 is 2.32 bits per heavy atom. The minimum absolute atomic E-state index is 0. The summed E-state index contributed by atoms with van der Waals surface area (Å²) in [5.41, 5.74) is 6.51. The van der Waals surface area contributed by atoms with E-state index in [1.54, 1.807) is 16.4 Å². The second-order valence-electron chi connectivity index (χ2n) is 8.05. The summed E-state index contributed by atoms with van der Waals surface area (Å²) in [5, 5.41) is 3.09. The van der Waals surface area contributed by atoms with Crippen molar-refractivity contribution in [3.8, 4) is 0 Å². The van der Waals surface area contributed by atoms with Crippen LogP contribution in [0.15, 0.2) is 29.2 Å². The average Bonchev–Trinajstić information content (AvgIpc) is 3.53. The Balaban J connectivity index is 0.00000280. The molecule has 28 heavy (non-hydrogen) atoms. The van der Waals surface area contributed by atoms with E-state index in [1.165, 1.54) is 0 Å². The van der Waals surface area contributed by atoms with Crippen molar-refractivity contribution in [1.82, 2.24) is 9.62 Å². The number of hydrogen-bond acceptors (Lipinski definition) is 4. The molecule has 158 valence electrons. The topological polar surface area (TPSA) is 92.5 Å². The Hall–Kier alpha value is -1.15. The van der Waals surface area contributed by atoms with Crippen molar-refractivity contribution >= 4 is 28.3 Å². The fraction of sp³-hybridized carbons (Fsp3) is 0.650. The number of aryl methyl sites for hydroxylation is 1. The molecule has 0 radical (unpaired) electrons. The molecule has 1 aromatic carbocycles. The Labute approximate surface area is 174 Å². The average molecular weight is 430 g/mol. The first-order chi connectivity index (χ1) is 12.8. The van der Waals surface area contributed by atoms with Gasteiger partial charge < -0.3 is 11.1 Å². The number of nitrogens with two attached hydrogens (primary N) is 1. The van der Waals surface area contributed by atoms with Crippen molar-refractivity contribution in [1.29, 1.82) is 0 Å². The Morgan fingerprint density at radius 2 is 1.79 bits per heavy atom. The van der Waals surface area contributed by atoms with Crippen LogP contribution in [-0.4, -0.2) is 43.8 Å². The number of amides is 1. The molecule has 1 aromatic rings. The van der Waals surface area contributed by atoms with Crippen molar-refractivity contribution in [2.75, 3.05) is 19.6 Å². The summed E-state index contributed by atoms with van der Waals surface area (Å²) in [7, 11) is -3.40. The van der Waals surface area contributed by atoms with Crippen LogP contribution in [0.4, 0.5) is 0 Å². The summed E-state index contributed by atoms with van der Waals surface area (Å²) >= 11 is 0. The maximum atomic E-state index is 12.7. The molecule has 1 atom stereocenters. The third kappa shape index (κ3) is 5.47. The zero-order chi connectivity index (χ0) is 19.5. The summed E-state index contributed by atoms with van der Waals surface area (Å²) < 4.78 is 26.9. The third-order valence-electron chi connectivity index (χ3n) is 5.84. The van der Waals surface area contributed by atoms with Crippen LogP contribution in [0.5, 0.6) is 0 Å². The zero-order valence-corrected chi connectivity index (χ0v) is 18.2. The molecule has 1 saturated heterocycles. The lowest BCUT2D eigenvalue weighted by Crippen LogP contribution is -2.53. The Bertz CT molecular complexity index is 759. The summed E-state index contributed by atoms with van der Waals surface area (Å²) in [4.78, 5) is 12.6. The van der Waals surface area contributed by atoms with Gasteiger partial charge in [-0.2, -0.15) is 4.31 Å². The van der Waals surface area contributed by atoms with Gasteiger partial charge in [0.05, 0.1) is 10.4 Å². The smallest absolute Gasteiger partial charge is 0.243 e. The molecule has 3 N–H and O–H groups in total. The molecular weight excluding hydrogens is 398 g/mol. The van der Waals surface area contributed by atoms with E-state index in [2.05, 4.69) is 5.32 Å². The van der Waals surface area contributed by atoms with E-state index >= 15 is 0 Å². The highest BCUT2D eigenvalue weighted by Gasteiger charge is 2.41. The number of nitrogens with one attached hydrogen (secondary N) is 1. The van der Waals surface area contributed by atoms with Gasteiger partial charge in [-0.3, -0.25) is 4.79 Å². The number of sulfonamides is 1. The van der Waals surface area contributed by atoms with Gasteiger partial charge in [0.15, 0.2) is 0 Å². The molecule has 8 heteroatoms. The molecular formula is C20H32ClN3O3S. The predicted molar refractivity (Wildman–Crippen MR) is 113 cm³/mol. The van der Waals surface area contributed by atoms with Crippen LogP contribution in [0, 0.1) is 5.92 Å². The Kier molecular flexibility index (Phi) is 7.90. The summed E-state index contributed by atoms with van der Waals surface area (Å²) in [6.07, 6.45) is 6.16. The van der Waals surface area contributed by atoms with Crippen molar-refractivity contribution in [2.24, 2.45) is 11.7 Å². The quantitative estimate of drug-likeness (QED) is 0.663.